The molecule has 0 saturated carbocycles. The van der Waals surface area contributed by atoms with E-state index in [9.17, 15) is 4.79 Å². The van der Waals surface area contributed by atoms with Gasteiger partial charge >= 0.3 is 5.97 Å². The van der Waals surface area contributed by atoms with E-state index in [2.05, 4.69) is 10.3 Å². The Balaban J connectivity index is 2.67. The second-order valence-electron chi connectivity index (χ2n) is 2.45. The minimum Gasteiger partial charge on any atom is -0.480 e. The number of rotatable bonds is 1. The molecule has 1 rings (SSSR count). The molecule has 0 saturated heterocycles. The summed E-state index contributed by atoms with van der Waals surface area (Å²) < 4.78 is 0. The molecule has 0 radical (unpaired) electrons. The number of amidine groups is 1. The van der Waals surface area contributed by atoms with Gasteiger partial charge in [0.2, 0.25) is 0 Å². The summed E-state index contributed by atoms with van der Waals surface area (Å²) in [6.45, 7) is 1.83. The Bertz CT molecular complexity index is 202. The van der Waals surface area contributed by atoms with Gasteiger partial charge in [-0.3, -0.25) is 4.99 Å². The number of carbonyl (C=O) groups is 1. The van der Waals surface area contributed by atoms with Gasteiger partial charge in [-0.2, -0.15) is 0 Å². The van der Waals surface area contributed by atoms with E-state index < -0.39 is 18.1 Å². The Labute approximate surface area is 63.8 Å². The molecule has 5 nitrogen and oxygen atoms in total. The molecule has 0 aromatic rings. The number of hydrogen-bond donors (Lipinski definition) is 3. The highest BCUT2D eigenvalue weighted by atomic mass is 16.4. The average molecular weight is 158 g/mol. The molecule has 0 fully saturated rings. The number of carboxylic acid groups (broad SMARTS) is 1. The maximum Gasteiger partial charge on any atom is 0.328 e. The summed E-state index contributed by atoms with van der Waals surface area (Å²) in [5.74, 6) is -0.491. The minimum atomic E-state index is -1.05. The first-order chi connectivity index (χ1) is 5.11. The Morgan fingerprint density at radius 2 is 2.45 bits per heavy atom. The molecule has 62 valence electrons. The van der Waals surface area contributed by atoms with Crippen molar-refractivity contribution in [3.8, 4) is 0 Å². The second-order valence-corrected chi connectivity index (χ2v) is 2.45. The number of carboxylic acids is 1. The predicted molar refractivity (Wildman–Crippen MR) is 38.5 cm³/mol. The van der Waals surface area contributed by atoms with Gasteiger partial charge in [-0.25, -0.2) is 4.79 Å². The Kier molecular flexibility index (Phi) is 2.09. The summed E-state index contributed by atoms with van der Waals surface area (Å²) in [6.07, 6.45) is -0.920. The minimum absolute atomic E-state index is 0.163. The summed E-state index contributed by atoms with van der Waals surface area (Å²) in [6, 6.07) is -0.910. The van der Waals surface area contributed by atoms with Crippen molar-refractivity contribution in [3.05, 3.63) is 0 Å². The molecular weight excluding hydrogens is 148 g/mol. The molecule has 3 N–H and O–H groups in total. The van der Waals surface area contributed by atoms with Crippen LogP contribution in [0.1, 0.15) is 6.92 Å². The van der Waals surface area contributed by atoms with Crippen molar-refractivity contribution in [1.82, 2.24) is 5.32 Å². The first-order valence-corrected chi connectivity index (χ1v) is 3.29. The van der Waals surface area contributed by atoms with Crippen molar-refractivity contribution in [2.75, 3.05) is 6.54 Å². The third kappa shape index (κ3) is 1.68. The maximum absolute atomic E-state index is 10.4. The normalized spacial score (nSPS) is 30.5. The van der Waals surface area contributed by atoms with Crippen LogP contribution in [0.4, 0.5) is 0 Å². The average Bonchev–Trinajstić information content (AvgIpc) is 1.94. The fourth-order valence-corrected chi connectivity index (χ4v) is 0.929. The van der Waals surface area contributed by atoms with Crippen LogP contribution in [-0.4, -0.2) is 40.7 Å². The van der Waals surface area contributed by atoms with Crippen LogP contribution in [0, 0.1) is 0 Å². The lowest BCUT2D eigenvalue weighted by atomic mass is 10.1. The van der Waals surface area contributed by atoms with Crippen LogP contribution in [-0.2, 0) is 4.79 Å². The lowest BCUT2D eigenvalue weighted by molar-refractivity contribution is -0.141. The Hall–Kier alpha value is -1.10. The number of nitrogens with zero attached hydrogens (tertiary/aromatic N) is 1. The largest absolute Gasteiger partial charge is 0.480 e. The van der Waals surface area contributed by atoms with Crippen LogP contribution in [0.3, 0.4) is 0 Å². The number of hydrogen-bond acceptors (Lipinski definition) is 4. The maximum atomic E-state index is 10.4. The molecule has 2 atom stereocenters. The molecule has 0 bridgehead atoms. The molecule has 1 aliphatic rings. The fraction of sp³-hybridized carbons (Fsp3) is 0.667. The van der Waals surface area contributed by atoms with Crippen LogP contribution in [0.25, 0.3) is 0 Å². The van der Waals surface area contributed by atoms with Gasteiger partial charge in [0, 0.05) is 0 Å². The third-order valence-electron chi connectivity index (χ3n) is 1.53. The van der Waals surface area contributed by atoms with Gasteiger partial charge in [-0.1, -0.05) is 0 Å². The predicted octanol–water partition coefficient (Wildman–Crippen LogP) is -1.18. The zero-order chi connectivity index (χ0) is 8.43. The van der Waals surface area contributed by atoms with Crippen LogP contribution in [0.2, 0.25) is 0 Å². The van der Waals surface area contributed by atoms with Crippen LogP contribution >= 0.6 is 0 Å². The van der Waals surface area contributed by atoms with E-state index >= 15 is 0 Å². The number of aliphatic imine (C=N–C) groups is 1. The van der Waals surface area contributed by atoms with E-state index in [0.717, 1.165) is 0 Å². The van der Waals surface area contributed by atoms with Gasteiger partial charge in [-0.15, -0.1) is 0 Å². The number of aliphatic carboxylic acids is 1. The lowest BCUT2D eigenvalue weighted by Gasteiger charge is -2.24. The first kappa shape index (κ1) is 8.00. The SMILES string of the molecule is CC1=NC[C@@H](O)[C@@H](C(=O)O)N1. The highest BCUT2D eigenvalue weighted by molar-refractivity contribution is 5.87. The molecule has 0 aromatic heterocycles. The van der Waals surface area contributed by atoms with Gasteiger partial charge in [0.15, 0.2) is 6.04 Å². The van der Waals surface area contributed by atoms with Crippen molar-refractivity contribution in [3.63, 3.8) is 0 Å². The summed E-state index contributed by atoms with van der Waals surface area (Å²) in [5, 5.41) is 20.2. The molecule has 5 heteroatoms. The van der Waals surface area contributed by atoms with Gasteiger partial charge in [0.1, 0.15) is 6.10 Å². The molecule has 0 aromatic carbocycles. The van der Waals surface area contributed by atoms with Gasteiger partial charge in [-0.05, 0) is 6.92 Å². The highest BCUT2D eigenvalue weighted by Gasteiger charge is 2.28. The number of aliphatic hydroxyl groups excluding tert-OH is 1. The molecule has 11 heavy (non-hydrogen) atoms. The van der Waals surface area contributed by atoms with E-state index in [0.29, 0.717) is 5.84 Å². The zero-order valence-electron chi connectivity index (χ0n) is 6.11. The smallest absolute Gasteiger partial charge is 0.328 e. The molecule has 0 spiro atoms. The molecule has 0 aliphatic carbocycles. The summed E-state index contributed by atoms with van der Waals surface area (Å²) in [5.41, 5.74) is 0. The Morgan fingerprint density at radius 3 is 2.91 bits per heavy atom. The fourth-order valence-electron chi connectivity index (χ4n) is 0.929. The zero-order valence-corrected chi connectivity index (χ0v) is 6.11. The van der Waals surface area contributed by atoms with E-state index in [1.165, 1.54) is 0 Å². The van der Waals surface area contributed by atoms with Gasteiger partial charge in [0.05, 0.1) is 12.4 Å². The van der Waals surface area contributed by atoms with E-state index in [4.69, 9.17) is 10.2 Å². The highest BCUT2D eigenvalue weighted by Crippen LogP contribution is 2.00. The number of aliphatic hydroxyl groups is 1. The molecule has 1 aliphatic heterocycles. The molecule has 1 heterocycles. The van der Waals surface area contributed by atoms with Crippen molar-refractivity contribution in [2.45, 2.75) is 19.1 Å². The van der Waals surface area contributed by atoms with Gasteiger partial charge < -0.3 is 15.5 Å². The lowest BCUT2D eigenvalue weighted by Crippen LogP contribution is -2.52. The van der Waals surface area contributed by atoms with Crippen LogP contribution in [0.15, 0.2) is 4.99 Å². The molecule has 0 unspecified atom stereocenters. The quantitative estimate of drug-likeness (QED) is 0.448. The van der Waals surface area contributed by atoms with E-state index in [-0.39, 0.29) is 6.54 Å². The van der Waals surface area contributed by atoms with Crippen molar-refractivity contribution in [1.29, 1.82) is 0 Å². The summed E-state index contributed by atoms with van der Waals surface area (Å²) in [7, 11) is 0. The van der Waals surface area contributed by atoms with E-state index in [1.54, 1.807) is 6.92 Å². The second kappa shape index (κ2) is 2.87. The van der Waals surface area contributed by atoms with Crippen LogP contribution in [0.5, 0.6) is 0 Å². The summed E-state index contributed by atoms with van der Waals surface area (Å²) >= 11 is 0. The topological polar surface area (TPSA) is 81.9 Å². The molecular formula is C6H10N2O3. The number of nitrogens with one attached hydrogen (secondary N) is 1. The first-order valence-electron chi connectivity index (χ1n) is 3.29. The van der Waals surface area contributed by atoms with Crippen molar-refractivity contribution in [2.24, 2.45) is 4.99 Å². The monoisotopic (exact) mass is 158 g/mol. The summed E-state index contributed by atoms with van der Waals surface area (Å²) in [4.78, 5) is 14.3. The van der Waals surface area contributed by atoms with Crippen molar-refractivity contribution >= 4 is 11.8 Å². The third-order valence-corrected chi connectivity index (χ3v) is 1.53. The molecule has 0 amide bonds. The van der Waals surface area contributed by atoms with E-state index in [1.807, 2.05) is 0 Å². The Morgan fingerprint density at radius 1 is 1.82 bits per heavy atom. The van der Waals surface area contributed by atoms with Crippen LogP contribution < -0.4 is 5.32 Å². The standard InChI is InChI=1S/C6H10N2O3/c1-3-7-2-4(9)5(8-3)6(10)11/h4-5,9H,2H2,1H3,(H,7,8)(H,10,11)/t4-,5+/m1/s1. The van der Waals surface area contributed by atoms with Gasteiger partial charge in [0.25, 0.3) is 0 Å². The van der Waals surface area contributed by atoms with Crippen molar-refractivity contribution < 1.29 is 15.0 Å².